The molecule has 4 aromatic rings. The van der Waals surface area contributed by atoms with Crippen LogP contribution in [0, 0.1) is 17.3 Å². The smallest absolute Gasteiger partial charge is 0.324 e. The van der Waals surface area contributed by atoms with Crippen LogP contribution < -0.4 is 10.7 Å². The van der Waals surface area contributed by atoms with Crippen LogP contribution in [0.3, 0.4) is 0 Å². The molecule has 14 nitrogen and oxygen atoms in total. The molecule has 0 aliphatic carbocycles. The summed E-state index contributed by atoms with van der Waals surface area (Å²) in [6.45, 7) is 17.3. The molecule has 6 bridgehead atoms. The number of hydrogen-bond acceptors (Lipinski definition) is 10. The molecule has 4 atom stereocenters. The van der Waals surface area contributed by atoms with Gasteiger partial charge in [0.2, 0.25) is 11.8 Å². The second-order valence-electron chi connectivity index (χ2n) is 19.4. The van der Waals surface area contributed by atoms with E-state index in [-0.39, 0.29) is 90.5 Å². The Bertz CT molecular complexity index is 2400. The van der Waals surface area contributed by atoms with Crippen LogP contribution in [0.25, 0.3) is 33.3 Å². The highest BCUT2D eigenvalue weighted by molar-refractivity contribution is 7.59. The van der Waals surface area contributed by atoms with Crippen LogP contribution in [0.1, 0.15) is 84.4 Å². The number of esters is 1. The van der Waals surface area contributed by atoms with E-state index in [1.165, 1.54) is 5.01 Å². The van der Waals surface area contributed by atoms with Crippen molar-refractivity contribution in [1.29, 1.82) is 0 Å². The molecule has 0 saturated carbocycles. The monoisotopic (exact) mass is 1010 g/mol. The Balaban J connectivity index is 0.00000306. The van der Waals surface area contributed by atoms with Gasteiger partial charge in [0.1, 0.15) is 23.9 Å². The third kappa shape index (κ3) is 12.7. The molecule has 0 spiro atoms. The van der Waals surface area contributed by atoms with Crippen LogP contribution in [-0.2, 0) is 54.6 Å². The number of carbonyl (C=O) groups excluding carboxylic acids is 4. The lowest BCUT2D eigenvalue weighted by Crippen LogP contribution is -2.62. The maximum Gasteiger partial charge on any atom is 0.324 e. The topological polar surface area (TPSA) is 159 Å². The number of benzene rings is 2. The Morgan fingerprint density at radius 2 is 1.75 bits per heavy atom. The van der Waals surface area contributed by atoms with E-state index < -0.39 is 41.3 Å². The second-order valence-corrected chi connectivity index (χ2v) is 19.4. The third-order valence-corrected chi connectivity index (χ3v) is 13.3. The first-order valence-corrected chi connectivity index (χ1v) is 23.0. The summed E-state index contributed by atoms with van der Waals surface area (Å²) >= 11 is 0. The molecule has 2 aromatic carbocycles. The fourth-order valence-corrected chi connectivity index (χ4v) is 10.00. The maximum atomic E-state index is 14.7. The first-order valence-electron chi connectivity index (χ1n) is 23.0. The van der Waals surface area contributed by atoms with Crippen LogP contribution >= 0.6 is 54.0 Å². The Hall–Kier alpha value is -3.91. The van der Waals surface area contributed by atoms with E-state index in [0.29, 0.717) is 57.1 Å². The molecule has 68 heavy (non-hydrogen) atoms. The van der Waals surface area contributed by atoms with Crippen molar-refractivity contribution in [3.8, 4) is 28.1 Å². The summed E-state index contributed by atoms with van der Waals surface area (Å²) in [4.78, 5) is 65.4. The minimum absolute atomic E-state index is 0. The number of ether oxygens (including phenoxy) is 2. The number of carbonyl (C=O) groups is 4. The zero-order chi connectivity index (χ0) is 46.0. The lowest BCUT2D eigenvalue weighted by molar-refractivity contribution is -0.155. The van der Waals surface area contributed by atoms with Crippen molar-refractivity contribution in [1.82, 2.24) is 35.1 Å². The molecule has 376 valence electrons. The van der Waals surface area contributed by atoms with E-state index in [0.717, 1.165) is 57.4 Å². The highest BCUT2D eigenvalue weighted by Crippen LogP contribution is 2.41. The average molecular weight is 1010 g/mol. The van der Waals surface area contributed by atoms with Gasteiger partial charge in [-0.1, -0.05) is 39.8 Å². The molecule has 7 rings (SSSR count). The number of cyclic esters (lactones) is 1. The normalized spacial score (nSPS) is 20.0. The molecule has 2 fully saturated rings. The van der Waals surface area contributed by atoms with Gasteiger partial charge in [0.25, 0.3) is 5.91 Å². The summed E-state index contributed by atoms with van der Waals surface area (Å²) in [5.41, 5.74) is 9.95. The van der Waals surface area contributed by atoms with E-state index in [1.54, 1.807) is 37.4 Å². The number of likely N-dealkylation sites (tertiary alicyclic amines) is 1. The number of nitrogens with one attached hydrogen (secondary N) is 2. The zero-order valence-corrected chi connectivity index (χ0v) is 45.1. The third-order valence-electron chi connectivity index (χ3n) is 13.3. The number of aromatic hydroxyl groups is 1. The van der Waals surface area contributed by atoms with Crippen molar-refractivity contribution in [2.75, 3.05) is 40.4 Å². The molecule has 5 heterocycles. The Kier molecular flexibility index (Phi) is 21.3. The summed E-state index contributed by atoms with van der Waals surface area (Å²) in [5, 5.41) is 16.8. The van der Waals surface area contributed by atoms with Crippen LogP contribution in [-0.4, -0.2) is 118 Å². The predicted molar refractivity (Wildman–Crippen MR) is 288 cm³/mol. The summed E-state index contributed by atoms with van der Waals surface area (Å²) in [6, 6.07) is 11.1. The SMILES string of the molecule is CCn1c(-c2cnccc2COC)c2c3cc(ccc31)-c1cc(O)cc(c1)C[C@H](NC(=O)[C@H](C(C)C)N(C)C(=O)[C@H]1CCN(C(C)C)C1)C(=O)N1CCC[C@H](N1)C(=O)OCC(C)(C)C2.S.S.S.S. The highest BCUT2D eigenvalue weighted by atomic mass is 32.1. The number of likely N-dealkylation sites (N-methyl/N-ethyl adjacent to an activating group) is 1. The average Bonchev–Trinajstić information content (AvgIpc) is 3.88. The number of pyridine rings is 1. The molecule has 3 aliphatic heterocycles. The van der Waals surface area contributed by atoms with Gasteiger partial charge in [0.15, 0.2) is 0 Å². The number of nitrogens with zero attached hydrogens (tertiary/aromatic N) is 5. The van der Waals surface area contributed by atoms with Crippen molar-refractivity contribution in [3.63, 3.8) is 0 Å². The standard InChI is InChI=1S/C50H67N7O7.4H2S/c1-10-56-43-14-13-33-24-38(43)39(45(56)40-26-51-17-15-35(40)28-63-9)25-50(6,7)29-64-49(62)41-12-11-18-57(53-41)48(61)42(22-32-20-36(33)23-37(58)21-32)52-46(59)44(30(2)3)54(8)47(60)34-16-19-55(27-34)31(4)5;;;;/h13-15,17,20-21,23-24,26,30-31,34,41-42,44,53,58H,10-12,16,18-19,22,25,27-29H2,1-9H3,(H,52,59);4*1H2/t34-,41-,42-,44-;;;;/m0..../s1. The van der Waals surface area contributed by atoms with Crippen molar-refractivity contribution in [3.05, 3.63) is 71.5 Å². The molecule has 0 radical (unpaired) electrons. The van der Waals surface area contributed by atoms with Crippen LogP contribution in [0.4, 0.5) is 0 Å². The number of hydrogen-bond donors (Lipinski definition) is 3. The van der Waals surface area contributed by atoms with Gasteiger partial charge in [-0.3, -0.25) is 29.2 Å². The van der Waals surface area contributed by atoms with E-state index in [1.807, 2.05) is 38.2 Å². The van der Waals surface area contributed by atoms with Crippen molar-refractivity contribution >= 4 is 88.6 Å². The molecule has 3 N–H and O–H groups in total. The maximum absolute atomic E-state index is 14.7. The van der Waals surface area contributed by atoms with Gasteiger partial charge in [-0.15, -0.1) is 0 Å². The van der Waals surface area contributed by atoms with Crippen LogP contribution in [0.5, 0.6) is 5.75 Å². The number of phenols is 1. The molecule has 2 aromatic heterocycles. The number of aromatic nitrogens is 2. The predicted octanol–water partition coefficient (Wildman–Crippen LogP) is 6.56. The van der Waals surface area contributed by atoms with E-state index in [9.17, 15) is 24.3 Å². The number of phenolic OH excluding ortho intramolecular Hbond substituents is 1. The van der Waals surface area contributed by atoms with Gasteiger partial charge in [0, 0.05) is 80.5 Å². The largest absolute Gasteiger partial charge is 0.508 e. The summed E-state index contributed by atoms with van der Waals surface area (Å²) < 4.78 is 14.0. The molecule has 2 saturated heterocycles. The molecule has 3 aliphatic rings. The van der Waals surface area contributed by atoms with Crippen molar-refractivity contribution in [2.45, 2.75) is 118 Å². The lowest BCUT2D eigenvalue weighted by Gasteiger charge is -2.37. The van der Waals surface area contributed by atoms with Crippen LogP contribution in [0.15, 0.2) is 54.9 Å². The molecule has 18 heteroatoms. The van der Waals surface area contributed by atoms with E-state index in [4.69, 9.17) is 9.47 Å². The number of fused-ring (bicyclic) bond motifs is 6. The van der Waals surface area contributed by atoms with Gasteiger partial charge < -0.3 is 34.3 Å². The van der Waals surface area contributed by atoms with Gasteiger partial charge in [-0.2, -0.15) is 54.0 Å². The summed E-state index contributed by atoms with van der Waals surface area (Å²) in [7, 11) is 3.36. The first kappa shape index (κ1) is 58.4. The van der Waals surface area contributed by atoms with E-state index in [2.05, 4.69) is 71.9 Å². The fraction of sp³-hybridized carbons (Fsp3) is 0.540. The van der Waals surface area contributed by atoms with Crippen molar-refractivity contribution in [2.24, 2.45) is 17.3 Å². The van der Waals surface area contributed by atoms with Crippen molar-refractivity contribution < 1.29 is 33.8 Å². The highest BCUT2D eigenvalue weighted by Gasteiger charge is 2.40. The number of hydrazine groups is 1. The first-order chi connectivity index (χ1) is 30.5. The minimum Gasteiger partial charge on any atom is -0.508 e. The minimum atomic E-state index is -1.11. The summed E-state index contributed by atoms with van der Waals surface area (Å²) in [6.07, 6.45) is 5.98. The van der Waals surface area contributed by atoms with Gasteiger partial charge >= 0.3 is 5.97 Å². The Labute approximate surface area is 430 Å². The molecule has 0 unspecified atom stereocenters. The molecular weight excluding hydrogens is 939 g/mol. The van der Waals surface area contributed by atoms with Gasteiger partial charge in [-0.25, -0.2) is 5.43 Å². The van der Waals surface area contributed by atoms with Crippen LogP contribution in [0.2, 0.25) is 0 Å². The molecular formula is C50H75N7O7S4. The zero-order valence-electron chi connectivity index (χ0n) is 41.1. The second kappa shape index (κ2) is 24.8. The number of rotatable bonds is 10. The quantitative estimate of drug-likeness (QED) is 0.149. The summed E-state index contributed by atoms with van der Waals surface area (Å²) in [5.74, 6) is -1.90. The van der Waals surface area contributed by atoms with Gasteiger partial charge in [0.05, 0.1) is 24.8 Å². The number of amides is 3. The number of aryl methyl sites for hydroxylation is 1. The van der Waals surface area contributed by atoms with Gasteiger partial charge in [-0.05, 0) is 117 Å². The van der Waals surface area contributed by atoms with E-state index >= 15 is 0 Å². The lowest BCUT2D eigenvalue weighted by atomic mass is 9.84. The number of methoxy groups -OCH3 is 1. The molecule has 3 amide bonds. The fourth-order valence-electron chi connectivity index (χ4n) is 10.00. The Morgan fingerprint density at radius 3 is 2.41 bits per heavy atom. The Morgan fingerprint density at radius 1 is 1.01 bits per heavy atom.